The Balaban J connectivity index is 1.48. The number of hydrogen-bond acceptors (Lipinski definition) is 4. The van der Waals surface area contributed by atoms with Gasteiger partial charge >= 0.3 is 0 Å². The molecule has 0 saturated carbocycles. The van der Waals surface area contributed by atoms with Crippen LogP contribution in [-0.2, 0) is 7.05 Å². The summed E-state index contributed by atoms with van der Waals surface area (Å²) in [7, 11) is 1.87. The third-order valence-electron chi connectivity index (χ3n) is 5.70. The summed E-state index contributed by atoms with van der Waals surface area (Å²) in [6.45, 7) is 4.11. The number of benzene rings is 1. The molecule has 0 unspecified atom stereocenters. The highest BCUT2D eigenvalue weighted by Crippen LogP contribution is 2.22. The molecule has 6 heteroatoms. The van der Waals surface area contributed by atoms with Crippen LogP contribution in [0.5, 0.6) is 0 Å². The highest BCUT2D eigenvalue weighted by Gasteiger charge is 2.28. The summed E-state index contributed by atoms with van der Waals surface area (Å²) < 4.78 is 1.74. The minimum atomic E-state index is 0.132. The van der Waals surface area contributed by atoms with Gasteiger partial charge in [0.2, 0.25) is 0 Å². The molecule has 2 saturated heterocycles. The molecule has 1 aromatic carbocycles. The number of piperidine rings is 1. The number of hydrogen-bond donors (Lipinski definition) is 0. The first-order chi connectivity index (χ1) is 12.2. The van der Waals surface area contributed by atoms with E-state index in [1.807, 2.05) is 30.1 Å². The molecule has 2 aliphatic heterocycles. The van der Waals surface area contributed by atoms with E-state index in [0.717, 1.165) is 36.1 Å². The lowest BCUT2D eigenvalue weighted by Gasteiger charge is -2.39. The molecule has 134 valence electrons. The number of fused-ring (bicyclic) bond motifs is 1. The SMILES string of the molecule is Cn1nnc2cc(C(=O)N3CCC[C@H](N4CCCCCC4)C3)ccc21. The van der Waals surface area contributed by atoms with Crippen LogP contribution in [0.4, 0.5) is 0 Å². The van der Waals surface area contributed by atoms with Crippen molar-refractivity contribution in [2.45, 2.75) is 44.6 Å². The molecular weight excluding hydrogens is 314 g/mol. The van der Waals surface area contributed by atoms with Crippen molar-refractivity contribution in [3.63, 3.8) is 0 Å². The first-order valence-corrected chi connectivity index (χ1v) is 9.55. The minimum absolute atomic E-state index is 0.132. The molecule has 25 heavy (non-hydrogen) atoms. The van der Waals surface area contributed by atoms with Crippen LogP contribution < -0.4 is 0 Å². The molecule has 1 amide bonds. The van der Waals surface area contributed by atoms with Crippen LogP contribution in [0.15, 0.2) is 18.2 Å². The molecule has 2 aliphatic rings. The van der Waals surface area contributed by atoms with Crippen molar-refractivity contribution < 1.29 is 4.79 Å². The van der Waals surface area contributed by atoms with Crippen molar-refractivity contribution in [3.05, 3.63) is 23.8 Å². The third-order valence-corrected chi connectivity index (χ3v) is 5.70. The maximum atomic E-state index is 13.0. The maximum Gasteiger partial charge on any atom is 0.253 e. The van der Waals surface area contributed by atoms with Crippen LogP contribution >= 0.6 is 0 Å². The molecule has 0 radical (unpaired) electrons. The van der Waals surface area contributed by atoms with E-state index in [1.54, 1.807) is 4.68 Å². The zero-order chi connectivity index (χ0) is 17.2. The van der Waals surface area contributed by atoms with Gasteiger partial charge in [0.05, 0.1) is 5.52 Å². The van der Waals surface area contributed by atoms with Crippen LogP contribution in [-0.4, -0.2) is 62.9 Å². The summed E-state index contributed by atoms with van der Waals surface area (Å²) in [4.78, 5) is 17.7. The number of aromatic nitrogens is 3. The maximum absolute atomic E-state index is 13.0. The molecule has 4 rings (SSSR count). The fourth-order valence-electron chi connectivity index (χ4n) is 4.25. The Kier molecular flexibility index (Phi) is 4.70. The van der Waals surface area contributed by atoms with Crippen LogP contribution in [0, 0.1) is 0 Å². The van der Waals surface area contributed by atoms with Gasteiger partial charge in [-0.15, -0.1) is 5.10 Å². The molecule has 3 heterocycles. The zero-order valence-corrected chi connectivity index (χ0v) is 15.0. The van der Waals surface area contributed by atoms with Crippen molar-refractivity contribution in [2.24, 2.45) is 7.05 Å². The number of aryl methyl sites for hydroxylation is 1. The molecule has 1 atom stereocenters. The Morgan fingerprint density at radius 3 is 2.68 bits per heavy atom. The molecule has 0 spiro atoms. The van der Waals surface area contributed by atoms with Gasteiger partial charge in [0.1, 0.15) is 5.52 Å². The molecule has 2 fully saturated rings. The topological polar surface area (TPSA) is 54.3 Å². The van der Waals surface area contributed by atoms with Crippen LogP contribution in [0.25, 0.3) is 11.0 Å². The largest absolute Gasteiger partial charge is 0.337 e. The van der Waals surface area contributed by atoms with Gasteiger partial charge in [-0.2, -0.15) is 0 Å². The van der Waals surface area contributed by atoms with E-state index in [1.165, 1.54) is 45.2 Å². The Bertz CT molecular complexity index is 747. The molecule has 0 bridgehead atoms. The van der Waals surface area contributed by atoms with Gasteiger partial charge in [0, 0.05) is 31.7 Å². The van der Waals surface area contributed by atoms with Crippen molar-refractivity contribution in [1.29, 1.82) is 0 Å². The standard InChI is InChI=1S/C19H27N5O/c1-22-18-9-8-15(13-17(18)20-21-22)19(25)24-12-6-7-16(14-24)23-10-4-2-3-5-11-23/h8-9,13,16H,2-7,10-12,14H2,1H3/t16-/m0/s1. The van der Waals surface area contributed by atoms with Gasteiger partial charge in [-0.1, -0.05) is 18.1 Å². The van der Waals surface area contributed by atoms with Crippen LogP contribution in [0.1, 0.15) is 48.9 Å². The Morgan fingerprint density at radius 2 is 1.88 bits per heavy atom. The van der Waals surface area contributed by atoms with Gasteiger partial charge in [-0.25, -0.2) is 4.68 Å². The van der Waals surface area contributed by atoms with Gasteiger partial charge < -0.3 is 4.90 Å². The molecular formula is C19H27N5O. The van der Waals surface area contributed by atoms with Gasteiger partial charge in [0.25, 0.3) is 5.91 Å². The van der Waals surface area contributed by atoms with E-state index in [4.69, 9.17) is 0 Å². The Hall–Kier alpha value is -1.95. The van der Waals surface area contributed by atoms with E-state index in [-0.39, 0.29) is 5.91 Å². The first-order valence-electron chi connectivity index (χ1n) is 9.55. The summed E-state index contributed by atoms with van der Waals surface area (Å²) in [5.74, 6) is 0.132. The van der Waals surface area contributed by atoms with E-state index in [9.17, 15) is 4.79 Å². The monoisotopic (exact) mass is 341 g/mol. The smallest absolute Gasteiger partial charge is 0.253 e. The highest BCUT2D eigenvalue weighted by molar-refractivity contribution is 5.97. The van der Waals surface area contributed by atoms with Crippen molar-refractivity contribution >= 4 is 16.9 Å². The second-order valence-electron chi connectivity index (χ2n) is 7.41. The molecule has 2 aromatic rings. The highest BCUT2D eigenvalue weighted by atomic mass is 16.2. The summed E-state index contributed by atoms with van der Waals surface area (Å²) in [5, 5.41) is 8.17. The van der Waals surface area contributed by atoms with Gasteiger partial charge in [-0.3, -0.25) is 9.69 Å². The fraction of sp³-hybridized carbons (Fsp3) is 0.632. The average molecular weight is 341 g/mol. The fourth-order valence-corrected chi connectivity index (χ4v) is 4.25. The van der Waals surface area contributed by atoms with Crippen LogP contribution in [0.3, 0.4) is 0 Å². The average Bonchev–Trinajstić information content (AvgIpc) is 2.86. The van der Waals surface area contributed by atoms with Crippen molar-refractivity contribution in [3.8, 4) is 0 Å². The number of nitrogens with zero attached hydrogens (tertiary/aromatic N) is 5. The number of carbonyl (C=O) groups is 1. The molecule has 0 N–H and O–H groups in total. The Morgan fingerprint density at radius 1 is 1.08 bits per heavy atom. The predicted molar refractivity (Wildman–Crippen MR) is 97.5 cm³/mol. The summed E-state index contributed by atoms with van der Waals surface area (Å²) in [6.07, 6.45) is 7.61. The zero-order valence-electron chi connectivity index (χ0n) is 15.0. The second kappa shape index (κ2) is 7.12. The number of carbonyl (C=O) groups excluding carboxylic acids is 1. The number of rotatable bonds is 2. The quantitative estimate of drug-likeness (QED) is 0.842. The van der Waals surface area contributed by atoms with Gasteiger partial charge in [-0.05, 0) is 57.0 Å². The first kappa shape index (κ1) is 16.5. The third kappa shape index (κ3) is 3.40. The Labute approximate surface area is 148 Å². The lowest BCUT2D eigenvalue weighted by Crippen LogP contribution is -2.50. The minimum Gasteiger partial charge on any atom is -0.337 e. The second-order valence-corrected chi connectivity index (χ2v) is 7.41. The molecule has 0 aliphatic carbocycles. The van der Waals surface area contributed by atoms with E-state index < -0.39 is 0 Å². The van der Waals surface area contributed by atoms with Crippen molar-refractivity contribution in [2.75, 3.05) is 26.2 Å². The van der Waals surface area contributed by atoms with E-state index in [2.05, 4.69) is 15.2 Å². The van der Waals surface area contributed by atoms with Crippen molar-refractivity contribution in [1.82, 2.24) is 24.8 Å². The normalized spacial score (nSPS) is 22.9. The van der Waals surface area contributed by atoms with Gasteiger partial charge in [0.15, 0.2) is 0 Å². The predicted octanol–water partition coefficient (Wildman–Crippen LogP) is 2.45. The number of amides is 1. The van der Waals surface area contributed by atoms with Crippen LogP contribution in [0.2, 0.25) is 0 Å². The summed E-state index contributed by atoms with van der Waals surface area (Å²) >= 11 is 0. The van der Waals surface area contributed by atoms with E-state index >= 15 is 0 Å². The summed E-state index contributed by atoms with van der Waals surface area (Å²) in [5.41, 5.74) is 2.47. The lowest BCUT2D eigenvalue weighted by molar-refractivity contribution is 0.0579. The number of likely N-dealkylation sites (tertiary alicyclic amines) is 2. The summed E-state index contributed by atoms with van der Waals surface area (Å²) in [6, 6.07) is 6.25. The molecule has 1 aromatic heterocycles. The van der Waals surface area contributed by atoms with E-state index in [0.29, 0.717) is 6.04 Å². The lowest BCUT2D eigenvalue weighted by atomic mass is 10.0. The molecule has 6 nitrogen and oxygen atoms in total.